The van der Waals surface area contributed by atoms with Gasteiger partial charge in [-0.3, -0.25) is 0 Å². The number of nitrogens with two attached hydrogens (primary N) is 1. The molecule has 2 N–H and O–H groups in total. The number of aryl methyl sites for hydroxylation is 2. The molecule has 0 spiro atoms. The molecule has 0 amide bonds. The second kappa shape index (κ2) is 4.84. The molecule has 2 aromatic rings. The molecule has 88 valence electrons. The molecule has 0 atom stereocenters. The van der Waals surface area contributed by atoms with Crippen molar-refractivity contribution in [3.63, 3.8) is 0 Å². The van der Waals surface area contributed by atoms with Crippen LogP contribution < -0.4 is 5.73 Å². The van der Waals surface area contributed by atoms with E-state index in [2.05, 4.69) is 45.0 Å². The summed E-state index contributed by atoms with van der Waals surface area (Å²) in [5, 5.41) is 0. The molecular formula is C15H17NS. The summed E-state index contributed by atoms with van der Waals surface area (Å²) in [5.41, 5.74) is 10.6. The number of nitrogen functional groups attached to an aromatic ring is 1. The van der Waals surface area contributed by atoms with Gasteiger partial charge in [0, 0.05) is 15.5 Å². The van der Waals surface area contributed by atoms with Crippen molar-refractivity contribution in [2.24, 2.45) is 0 Å². The maximum Gasteiger partial charge on any atom is 0.0355 e. The minimum atomic E-state index is 0.861. The number of rotatable bonds is 2. The van der Waals surface area contributed by atoms with Crippen LogP contribution in [-0.2, 0) is 0 Å². The molecular weight excluding hydrogens is 226 g/mol. The average Bonchev–Trinajstić information content (AvgIpc) is 2.28. The van der Waals surface area contributed by atoms with Gasteiger partial charge in [-0.25, -0.2) is 0 Å². The predicted octanol–water partition coefficient (Wildman–Crippen LogP) is 4.35. The van der Waals surface area contributed by atoms with Crippen molar-refractivity contribution in [1.82, 2.24) is 0 Å². The van der Waals surface area contributed by atoms with E-state index in [0.717, 1.165) is 11.3 Å². The molecule has 2 aromatic carbocycles. The molecule has 0 saturated carbocycles. The van der Waals surface area contributed by atoms with Crippen LogP contribution in [0.15, 0.2) is 46.2 Å². The van der Waals surface area contributed by atoms with Crippen molar-refractivity contribution in [1.29, 1.82) is 0 Å². The van der Waals surface area contributed by atoms with Gasteiger partial charge in [0.2, 0.25) is 0 Å². The molecule has 1 nitrogen and oxygen atoms in total. The van der Waals surface area contributed by atoms with Gasteiger partial charge in [0.25, 0.3) is 0 Å². The Hall–Kier alpha value is -1.41. The van der Waals surface area contributed by atoms with Crippen LogP contribution >= 0.6 is 11.8 Å². The first-order valence-electron chi connectivity index (χ1n) is 5.68. The summed E-state index contributed by atoms with van der Waals surface area (Å²) in [5.74, 6) is 0. The third-order valence-electron chi connectivity index (χ3n) is 2.88. The molecule has 0 aliphatic heterocycles. The quantitative estimate of drug-likeness (QED) is 0.794. The van der Waals surface area contributed by atoms with Crippen molar-refractivity contribution >= 4 is 17.4 Å². The largest absolute Gasteiger partial charge is 0.398 e. The fourth-order valence-electron chi connectivity index (χ4n) is 1.77. The summed E-state index contributed by atoms with van der Waals surface area (Å²) in [4.78, 5) is 2.53. The van der Waals surface area contributed by atoms with Gasteiger partial charge in [-0.05, 0) is 50.1 Å². The van der Waals surface area contributed by atoms with Gasteiger partial charge >= 0.3 is 0 Å². The van der Waals surface area contributed by atoms with Crippen LogP contribution in [0.4, 0.5) is 5.69 Å². The Morgan fingerprint density at radius 2 is 1.71 bits per heavy atom. The van der Waals surface area contributed by atoms with E-state index in [1.165, 1.54) is 20.9 Å². The SMILES string of the molecule is Cc1ccc(Sc2cccc(N)c2C)c(C)c1. The lowest BCUT2D eigenvalue weighted by atomic mass is 10.2. The third-order valence-corrected chi connectivity index (χ3v) is 4.22. The van der Waals surface area contributed by atoms with E-state index >= 15 is 0 Å². The lowest BCUT2D eigenvalue weighted by Crippen LogP contribution is -1.91. The summed E-state index contributed by atoms with van der Waals surface area (Å²) in [6.45, 7) is 6.34. The Kier molecular flexibility index (Phi) is 3.43. The van der Waals surface area contributed by atoms with Gasteiger partial charge in [0.15, 0.2) is 0 Å². The Balaban J connectivity index is 2.35. The Morgan fingerprint density at radius 3 is 2.41 bits per heavy atom. The van der Waals surface area contributed by atoms with Crippen molar-refractivity contribution in [2.45, 2.75) is 30.6 Å². The van der Waals surface area contributed by atoms with E-state index in [0.29, 0.717) is 0 Å². The molecule has 0 aliphatic rings. The van der Waals surface area contributed by atoms with Crippen LogP contribution in [0.3, 0.4) is 0 Å². The van der Waals surface area contributed by atoms with Crippen molar-refractivity contribution in [2.75, 3.05) is 5.73 Å². The summed E-state index contributed by atoms with van der Waals surface area (Å²) in [6.07, 6.45) is 0. The zero-order valence-corrected chi connectivity index (χ0v) is 11.3. The second-order valence-corrected chi connectivity index (χ2v) is 5.43. The standard InChI is InChI=1S/C15H17NS/c1-10-7-8-14(11(2)9-10)17-15-6-4-5-13(16)12(15)3/h4-9H,16H2,1-3H3. The molecule has 0 heterocycles. The summed E-state index contributed by atoms with van der Waals surface area (Å²) < 4.78 is 0. The lowest BCUT2D eigenvalue weighted by Gasteiger charge is -2.10. The second-order valence-electron chi connectivity index (χ2n) is 4.34. The number of anilines is 1. The van der Waals surface area contributed by atoms with Gasteiger partial charge in [-0.1, -0.05) is 35.5 Å². The molecule has 0 aliphatic carbocycles. The van der Waals surface area contributed by atoms with E-state index in [1.807, 2.05) is 12.1 Å². The van der Waals surface area contributed by atoms with Crippen molar-refractivity contribution in [3.05, 3.63) is 53.1 Å². The molecule has 0 unspecified atom stereocenters. The molecule has 2 heteroatoms. The van der Waals surface area contributed by atoms with Gasteiger partial charge in [-0.15, -0.1) is 0 Å². The normalized spacial score (nSPS) is 10.5. The predicted molar refractivity (Wildman–Crippen MR) is 75.6 cm³/mol. The van der Waals surface area contributed by atoms with Crippen LogP contribution in [0, 0.1) is 20.8 Å². The van der Waals surface area contributed by atoms with E-state index in [4.69, 9.17) is 5.73 Å². The first-order valence-corrected chi connectivity index (χ1v) is 6.50. The zero-order chi connectivity index (χ0) is 12.4. The van der Waals surface area contributed by atoms with Gasteiger partial charge in [-0.2, -0.15) is 0 Å². The van der Waals surface area contributed by atoms with Crippen LogP contribution in [-0.4, -0.2) is 0 Å². The van der Waals surface area contributed by atoms with Crippen LogP contribution in [0.1, 0.15) is 16.7 Å². The van der Waals surface area contributed by atoms with Crippen molar-refractivity contribution in [3.8, 4) is 0 Å². The molecule has 2 rings (SSSR count). The fourth-order valence-corrected chi connectivity index (χ4v) is 2.78. The first kappa shape index (κ1) is 12.1. The Morgan fingerprint density at radius 1 is 0.941 bits per heavy atom. The Labute approximate surface area is 107 Å². The molecule has 0 fully saturated rings. The third kappa shape index (κ3) is 2.64. The van der Waals surface area contributed by atoms with E-state index in [1.54, 1.807) is 11.8 Å². The highest BCUT2D eigenvalue weighted by Gasteiger charge is 2.05. The first-order chi connectivity index (χ1) is 8.08. The number of hydrogen-bond acceptors (Lipinski definition) is 2. The Bertz CT molecular complexity index is 547. The summed E-state index contributed by atoms with van der Waals surface area (Å²) in [7, 11) is 0. The van der Waals surface area contributed by atoms with E-state index in [9.17, 15) is 0 Å². The van der Waals surface area contributed by atoms with E-state index < -0.39 is 0 Å². The van der Waals surface area contributed by atoms with Gasteiger partial charge in [0.1, 0.15) is 0 Å². The highest BCUT2D eigenvalue weighted by molar-refractivity contribution is 7.99. The molecule has 0 bridgehead atoms. The zero-order valence-electron chi connectivity index (χ0n) is 10.4. The number of hydrogen-bond donors (Lipinski definition) is 1. The average molecular weight is 243 g/mol. The maximum atomic E-state index is 5.92. The van der Waals surface area contributed by atoms with E-state index in [-0.39, 0.29) is 0 Å². The molecule has 0 saturated heterocycles. The van der Waals surface area contributed by atoms with Crippen molar-refractivity contribution < 1.29 is 0 Å². The lowest BCUT2D eigenvalue weighted by molar-refractivity contribution is 1.24. The topological polar surface area (TPSA) is 26.0 Å². The fraction of sp³-hybridized carbons (Fsp3) is 0.200. The molecule has 0 radical (unpaired) electrons. The van der Waals surface area contributed by atoms with Gasteiger partial charge < -0.3 is 5.73 Å². The van der Waals surface area contributed by atoms with Gasteiger partial charge in [0.05, 0.1) is 0 Å². The number of benzene rings is 2. The summed E-state index contributed by atoms with van der Waals surface area (Å²) in [6, 6.07) is 12.6. The maximum absolute atomic E-state index is 5.92. The molecule has 0 aromatic heterocycles. The van der Waals surface area contributed by atoms with Crippen LogP contribution in [0.2, 0.25) is 0 Å². The van der Waals surface area contributed by atoms with Crippen LogP contribution in [0.5, 0.6) is 0 Å². The monoisotopic (exact) mass is 243 g/mol. The summed E-state index contributed by atoms with van der Waals surface area (Å²) >= 11 is 1.78. The molecule has 17 heavy (non-hydrogen) atoms. The van der Waals surface area contributed by atoms with Crippen LogP contribution in [0.25, 0.3) is 0 Å². The highest BCUT2D eigenvalue weighted by atomic mass is 32.2. The smallest absolute Gasteiger partial charge is 0.0355 e. The highest BCUT2D eigenvalue weighted by Crippen LogP contribution is 2.34. The minimum Gasteiger partial charge on any atom is -0.398 e. The minimum absolute atomic E-state index is 0.861.